The third-order valence-electron chi connectivity index (χ3n) is 2.85. The Hall–Kier alpha value is -2.81. The maximum Gasteiger partial charge on any atom is 0.341 e. The van der Waals surface area contributed by atoms with E-state index in [1.165, 1.54) is 6.08 Å². The van der Waals surface area contributed by atoms with E-state index < -0.39 is 18.5 Å². The Morgan fingerprint density at radius 2 is 2.14 bits per heavy atom. The number of amides is 1. The van der Waals surface area contributed by atoms with E-state index >= 15 is 0 Å². The van der Waals surface area contributed by atoms with Gasteiger partial charge in [-0.05, 0) is 25.0 Å². The quantitative estimate of drug-likeness (QED) is 0.607. The zero-order valence-corrected chi connectivity index (χ0v) is 11.2. The number of hydrogen-bond acceptors (Lipinski definition) is 4. The molecular weight excluding hydrogens is 272 g/mol. The highest BCUT2D eigenvalue weighted by Crippen LogP contribution is 2.22. The van der Waals surface area contributed by atoms with Crippen molar-refractivity contribution in [3.63, 3.8) is 0 Å². The zero-order valence-electron chi connectivity index (χ0n) is 11.2. The molecule has 0 atom stereocenters. The predicted octanol–water partition coefficient (Wildman–Crippen LogP) is 1.34. The molecule has 1 aromatic rings. The number of carboxylic acid groups (broad SMARTS) is 1. The Bertz CT molecular complexity index is 627. The Labute approximate surface area is 121 Å². The van der Waals surface area contributed by atoms with Crippen molar-refractivity contribution in [2.75, 3.05) is 6.61 Å². The third-order valence-corrected chi connectivity index (χ3v) is 2.85. The molecule has 0 aliphatic heterocycles. The minimum Gasteiger partial charge on any atom is -0.481 e. The summed E-state index contributed by atoms with van der Waals surface area (Å²) in [5.74, 6) is -1.21. The molecule has 0 saturated heterocycles. The van der Waals surface area contributed by atoms with Crippen LogP contribution in [0.15, 0.2) is 29.8 Å². The standard InChI is InChI=1S/C15H14N2O4/c16-8-11(15(20)17-12-5-6-12)7-10-3-1-2-4-13(10)21-9-14(18)19/h1-4,7,12H,5-6,9H2,(H,17,20)(H,18,19). The average molecular weight is 286 g/mol. The van der Waals surface area contributed by atoms with Crippen molar-refractivity contribution in [3.8, 4) is 11.8 Å². The van der Waals surface area contributed by atoms with Crippen LogP contribution in [0.1, 0.15) is 18.4 Å². The Kier molecular flexibility index (Phi) is 4.57. The number of hydrogen-bond donors (Lipinski definition) is 2. The highest BCUT2D eigenvalue weighted by Gasteiger charge is 2.24. The molecule has 0 bridgehead atoms. The van der Waals surface area contributed by atoms with Gasteiger partial charge in [0.15, 0.2) is 6.61 Å². The molecule has 21 heavy (non-hydrogen) atoms. The van der Waals surface area contributed by atoms with Crippen LogP contribution in [0.4, 0.5) is 0 Å². The lowest BCUT2D eigenvalue weighted by atomic mass is 10.1. The molecule has 0 unspecified atom stereocenters. The fraction of sp³-hybridized carbons (Fsp3) is 0.267. The summed E-state index contributed by atoms with van der Waals surface area (Å²) in [5, 5.41) is 20.4. The lowest BCUT2D eigenvalue weighted by Gasteiger charge is -2.07. The molecule has 6 nitrogen and oxygen atoms in total. The van der Waals surface area contributed by atoms with Gasteiger partial charge in [0.1, 0.15) is 17.4 Å². The number of carboxylic acids is 1. The van der Waals surface area contributed by atoms with Crippen LogP contribution < -0.4 is 10.1 Å². The summed E-state index contributed by atoms with van der Waals surface area (Å²) >= 11 is 0. The van der Waals surface area contributed by atoms with Crippen LogP contribution in [0.5, 0.6) is 5.75 Å². The van der Waals surface area contributed by atoms with Crippen molar-refractivity contribution in [1.82, 2.24) is 5.32 Å². The molecule has 1 aromatic carbocycles. The van der Waals surface area contributed by atoms with Crippen LogP contribution in [0, 0.1) is 11.3 Å². The minimum absolute atomic E-state index is 0.0340. The van der Waals surface area contributed by atoms with E-state index in [0.717, 1.165) is 12.8 Å². The van der Waals surface area contributed by atoms with Crippen LogP contribution in [-0.2, 0) is 9.59 Å². The molecular formula is C15H14N2O4. The molecule has 108 valence electrons. The molecule has 1 saturated carbocycles. The summed E-state index contributed by atoms with van der Waals surface area (Å²) in [5.41, 5.74) is 0.453. The fourth-order valence-electron chi connectivity index (χ4n) is 1.67. The van der Waals surface area contributed by atoms with E-state index in [4.69, 9.17) is 15.1 Å². The Morgan fingerprint density at radius 1 is 1.43 bits per heavy atom. The topological polar surface area (TPSA) is 99.4 Å². The van der Waals surface area contributed by atoms with Crippen LogP contribution in [0.2, 0.25) is 0 Å². The molecule has 2 N–H and O–H groups in total. The van der Waals surface area contributed by atoms with Crippen molar-refractivity contribution in [2.24, 2.45) is 0 Å². The van der Waals surface area contributed by atoms with Gasteiger partial charge in [-0.2, -0.15) is 5.26 Å². The lowest BCUT2D eigenvalue weighted by Crippen LogP contribution is -2.26. The second kappa shape index (κ2) is 6.57. The number of rotatable bonds is 6. The smallest absolute Gasteiger partial charge is 0.341 e. The van der Waals surface area contributed by atoms with Gasteiger partial charge in [-0.3, -0.25) is 4.79 Å². The summed E-state index contributed by atoms with van der Waals surface area (Å²) in [6, 6.07) is 8.65. The van der Waals surface area contributed by atoms with Gasteiger partial charge in [-0.15, -0.1) is 0 Å². The Morgan fingerprint density at radius 3 is 2.76 bits per heavy atom. The summed E-state index contributed by atoms with van der Waals surface area (Å²) in [6.45, 7) is -0.485. The van der Waals surface area contributed by atoms with Gasteiger partial charge in [0.25, 0.3) is 5.91 Å². The highest BCUT2D eigenvalue weighted by molar-refractivity contribution is 6.02. The first kappa shape index (κ1) is 14.6. The number of nitrogens with zero attached hydrogens (tertiary/aromatic N) is 1. The predicted molar refractivity (Wildman–Crippen MR) is 74.3 cm³/mol. The van der Waals surface area contributed by atoms with E-state index in [9.17, 15) is 9.59 Å². The SMILES string of the molecule is N#CC(=Cc1ccccc1OCC(=O)O)C(=O)NC1CC1. The fourth-order valence-corrected chi connectivity index (χ4v) is 1.67. The molecule has 0 heterocycles. The van der Waals surface area contributed by atoms with E-state index in [-0.39, 0.29) is 11.6 Å². The first-order chi connectivity index (χ1) is 10.1. The molecule has 6 heteroatoms. The summed E-state index contributed by atoms with van der Waals surface area (Å²) < 4.78 is 5.13. The number of ether oxygens (including phenoxy) is 1. The van der Waals surface area contributed by atoms with Gasteiger partial charge < -0.3 is 15.2 Å². The molecule has 0 radical (unpaired) electrons. The minimum atomic E-state index is -1.10. The summed E-state index contributed by atoms with van der Waals surface area (Å²) in [6.07, 6.45) is 3.26. The third kappa shape index (κ3) is 4.35. The zero-order chi connectivity index (χ0) is 15.2. The van der Waals surface area contributed by atoms with E-state index in [1.54, 1.807) is 24.3 Å². The van der Waals surface area contributed by atoms with E-state index in [1.807, 2.05) is 6.07 Å². The first-order valence-corrected chi connectivity index (χ1v) is 6.46. The van der Waals surface area contributed by atoms with Crippen LogP contribution in [0.3, 0.4) is 0 Å². The molecule has 0 spiro atoms. The van der Waals surface area contributed by atoms with Crippen LogP contribution >= 0.6 is 0 Å². The van der Waals surface area contributed by atoms with Crippen molar-refractivity contribution in [3.05, 3.63) is 35.4 Å². The van der Waals surface area contributed by atoms with Gasteiger partial charge in [-0.1, -0.05) is 18.2 Å². The van der Waals surface area contributed by atoms with Gasteiger partial charge >= 0.3 is 5.97 Å². The summed E-state index contributed by atoms with van der Waals surface area (Å²) in [7, 11) is 0. The number of benzene rings is 1. The number of para-hydroxylation sites is 1. The first-order valence-electron chi connectivity index (χ1n) is 6.46. The van der Waals surface area contributed by atoms with Gasteiger partial charge in [0.05, 0.1) is 0 Å². The molecule has 1 fully saturated rings. The number of nitrogens with one attached hydrogen (secondary N) is 1. The number of nitriles is 1. The van der Waals surface area contributed by atoms with Crippen molar-refractivity contribution < 1.29 is 19.4 Å². The second-order valence-corrected chi connectivity index (χ2v) is 4.64. The largest absolute Gasteiger partial charge is 0.481 e. The van der Waals surface area contributed by atoms with Crippen molar-refractivity contribution >= 4 is 18.0 Å². The lowest BCUT2D eigenvalue weighted by molar-refractivity contribution is -0.139. The van der Waals surface area contributed by atoms with E-state index in [2.05, 4.69) is 5.32 Å². The molecule has 1 aliphatic carbocycles. The summed E-state index contributed by atoms with van der Waals surface area (Å²) in [4.78, 5) is 22.4. The molecule has 1 amide bonds. The highest BCUT2D eigenvalue weighted by atomic mass is 16.5. The average Bonchev–Trinajstić information content (AvgIpc) is 3.27. The van der Waals surface area contributed by atoms with Crippen molar-refractivity contribution in [1.29, 1.82) is 5.26 Å². The number of aliphatic carboxylic acids is 1. The number of carbonyl (C=O) groups excluding carboxylic acids is 1. The monoisotopic (exact) mass is 286 g/mol. The maximum atomic E-state index is 11.9. The molecule has 0 aromatic heterocycles. The number of carbonyl (C=O) groups is 2. The van der Waals surface area contributed by atoms with Gasteiger partial charge in [0, 0.05) is 11.6 Å². The van der Waals surface area contributed by atoms with Gasteiger partial charge in [-0.25, -0.2) is 4.79 Å². The van der Waals surface area contributed by atoms with Gasteiger partial charge in [0.2, 0.25) is 0 Å². The van der Waals surface area contributed by atoms with Crippen LogP contribution in [-0.4, -0.2) is 29.6 Å². The maximum absolute atomic E-state index is 11.9. The van der Waals surface area contributed by atoms with Crippen molar-refractivity contribution in [2.45, 2.75) is 18.9 Å². The normalized spacial score (nSPS) is 14.1. The Balaban J connectivity index is 2.18. The van der Waals surface area contributed by atoms with Crippen LogP contribution in [0.25, 0.3) is 6.08 Å². The molecule has 2 rings (SSSR count). The van der Waals surface area contributed by atoms with E-state index in [0.29, 0.717) is 11.3 Å². The second-order valence-electron chi connectivity index (χ2n) is 4.64. The molecule has 1 aliphatic rings.